The lowest BCUT2D eigenvalue weighted by Gasteiger charge is -2.35. The first-order valence-corrected chi connectivity index (χ1v) is 7.76. The molecule has 2 aliphatic rings. The van der Waals surface area contributed by atoms with Crippen molar-refractivity contribution in [3.05, 3.63) is 0 Å². The summed E-state index contributed by atoms with van der Waals surface area (Å²) in [6, 6.07) is 2.54. The van der Waals surface area contributed by atoms with Gasteiger partial charge in [-0.15, -0.1) is 0 Å². The zero-order valence-corrected chi connectivity index (χ0v) is 11.8. The van der Waals surface area contributed by atoms with Crippen molar-refractivity contribution >= 4 is 0 Å². The summed E-state index contributed by atoms with van der Waals surface area (Å²) in [5.74, 6) is 0. The van der Waals surface area contributed by atoms with E-state index in [4.69, 9.17) is 0 Å². The highest BCUT2D eigenvalue weighted by molar-refractivity contribution is 4.88. The van der Waals surface area contributed by atoms with Crippen LogP contribution >= 0.6 is 0 Å². The fraction of sp³-hybridized carbons (Fsp3) is 1.00. The SMILES string of the molecule is CCCNC1CCC(N(C)C2CCCCC2)C1. The van der Waals surface area contributed by atoms with Crippen LogP contribution in [-0.2, 0) is 0 Å². The Bertz CT molecular complexity index is 211. The Hall–Kier alpha value is -0.0800. The van der Waals surface area contributed by atoms with Crippen LogP contribution in [0.15, 0.2) is 0 Å². The van der Waals surface area contributed by atoms with Crippen molar-refractivity contribution in [2.24, 2.45) is 0 Å². The molecule has 0 radical (unpaired) electrons. The third-order valence-corrected chi connectivity index (χ3v) is 4.81. The van der Waals surface area contributed by atoms with Gasteiger partial charge >= 0.3 is 0 Å². The Labute approximate surface area is 107 Å². The zero-order chi connectivity index (χ0) is 12.1. The highest BCUT2D eigenvalue weighted by atomic mass is 15.2. The molecule has 0 aromatic heterocycles. The van der Waals surface area contributed by atoms with E-state index in [1.807, 2.05) is 0 Å². The van der Waals surface area contributed by atoms with E-state index in [0.29, 0.717) is 0 Å². The first-order chi connectivity index (χ1) is 8.31. The Morgan fingerprint density at radius 2 is 1.76 bits per heavy atom. The molecule has 0 bridgehead atoms. The maximum atomic E-state index is 3.69. The normalized spacial score (nSPS) is 31.2. The van der Waals surface area contributed by atoms with Crippen molar-refractivity contribution in [3.63, 3.8) is 0 Å². The molecule has 2 nitrogen and oxygen atoms in total. The molecule has 1 N–H and O–H groups in total. The summed E-state index contributed by atoms with van der Waals surface area (Å²) >= 11 is 0. The highest BCUT2D eigenvalue weighted by Gasteiger charge is 2.30. The summed E-state index contributed by atoms with van der Waals surface area (Å²) in [6.45, 7) is 3.46. The van der Waals surface area contributed by atoms with Crippen LogP contribution in [0.4, 0.5) is 0 Å². The lowest BCUT2D eigenvalue weighted by molar-refractivity contribution is 0.138. The molecule has 2 saturated carbocycles. The molecule has 0 heterocycles. The van der Waals surface area contributed by atoms with Gasteiger partial charge in [-0.1, -0.05) is 26.2 Å². The molecule has 2 rings (SSSR count). The van der Waals surface area contributed by atoms with Gasteiger partial charge in [0, 0.05) is 18.1 Å². The van der Waals surface area contributed by atoms with Crippen LogP contribution in [0.1, 0.15) is 64.7 Å². The number of nitrogens with one attached hydrogen (secondary N) is 1. The predicted octanol–water partition coefficient (Wildman–Crippen LogP) is 3.17. The fourth-order valence-corrected chi connectivity index (χ4v) is 3.65. The van der Waals surface area contributed by atoms with Crippen molar-refractivity contribution in [2.75, 3.05) is 13.6 Å². The molecule has 0 amide bonds. The van der Waals surface area contributed by atoms with E-state index in [0.717, 1.165) is 18.1 Å². The van der Waals surface area contributed by atoms with Gasteiger partial charge in [-0.05, 0) is 52.1 Å². The number of hydrogen-bond acceptors (Lipinski definition) is 2. The number of hydrogen-bond donors (Lipinski definition) is 1. The second-order valence-corrected chi connectivity index (χ2v) is 6.08. The van der Waals surface area contributed by atoms with Crippen molar-refractivity contribution in [1.82, 2.24) is 10.2 Å². The fourth-order valence-electron chi connectivity index (χ4n) is 3.65. The Kier molecular flexibility index (Phi) is 5.30. The third-order valence-electron chi connectivity index (χ3n) is 4.81. The summed E-state index contributed by atoms with van der Waals surface area (Å²) in [6.07, 6.45) is 12.7. The Balaban J connectivity index is 1.74. The monoisotopic (exact) mass is 238 g/mol. The Morgan fingerprint density at radius 1 is 1.00 bits per heavy atom. The van der Waals surface area contributed by atoms with Gasteiger partial charge in [0.1, 0.15) is 0 Å². The van der Waals surface area contributed by atoms with E-state index >= 15 is 0 Å². The summed E-state index contributed by atoms with van der Waals surface area (Å²) < 4.78 is 0. The molecule has 2 fully saturated rings. The van der Waals surface area contributed by atoms with Gasteiger partial charge in [0.15, 0.2) is 0 Å². The number of rotatable bonds is 5. The zero-order valence-electron chi connectivity index (χ0n) is 11.8. The van der Waals surface area contributed by atoms with Crippen LogP contribution in [-0.4, -0.2) is 36.6 Å². The average molecular weight is 238 g/mol. The van der Waals surface area contributed by atoms with Gasteiger partial charge < -0.3 is 10.2 Å². The standard InChI is InChI=1S/C15H30N2/c1-3-11-16-13-9-10-15(12-13)17(2)14-7-5-4-6-8-14/h13-16H,3-12H2,1-2H3. The van der Waals surface area contributed by atoms with Crippen LogP contribution in [0.5, 0.6) is 0 Å². The molecule has 2 heteroatoms. The summed E-state index contributed by atoms with van der Waals surface area (Å²) in [4.78, 5) is 2.72. The smallest absolute Gasteiger partial charge is 0.0110 e. The van der Waals surface area contributed by atoms with Crippen molar-refractivity contribution < 1.29 is 0 Å². The van der Waals surface area contributed by atoms with E-state index in [2.05, 4.69) is 24.2 Å². The molecule has 2 aliphatic carbocycles. The van der Waals surface area contributed by atoms with Gasteiger partial charge in [0.2, 0.25) is 0 Å². The van der Waals surface area contributed by atoms with Crippen LogP contribution in [0.2, 0.25) is 0 Å². The largest absolute Gasteiger partial charge is 0.314 e. The molecule has 2 atom stereocenters. The van der Waals surface area contributed by atoms with E-state index in [1.54, 1.807) is 0 Å². The van der Waals surface area contributed by atoms with E-state index < -0.39 is 0 Å². The molecule has 0 spiro atoms. The summed E-state index contributed by atoms with van der Waals surface area (Å²) in [5, 5.41) is 3.69. The topological polar surface area (TPSA) is 15.3 Å². The van der Waals surface area contributed by atoms with Crippen LogP contribution in [0, 0.1) is 0 Å². The minimum absolute atomic E-state index is 0.797. The molecule has 2 unspecified atom stereocenters. The molecule has 100 valence electrons. The first-order valence-electron chi connectivity index (χ1n) is 7.76. The van der Waals surface area contributed by atoms with Crippen LogP contribution < -0.4 is 5.32 Å². The van der Waals surface area contributed by atoms with Gasteiger partial charge in [0.25, 0.3) is 0 Å². The molecular formula is C15H30N2. The molecular weight excluding hydrogens is 208 g/mol. The quantitative estimate of drug-likeness (QED) is 0.791. The van der Waals surface area contributed by atoms with Crippen molar-refractivity contribution in [2.45, 2.75) is 82.8 Å². The van der Waals surface area contributed by atoms with Gasteiger partial charge in [-0.25, -0.2) is 0 Å². The molecule has 0 aliphatic heterocycles. The van der Waals surface area contributed by atoms with Crippen molar-refractivity contribution in [3.8, 4) is 0 Å². The first kappa shape index (κ1) is 13.4. The summed E-state index contributed by atoms with van der Waals surface area (Å²) in [5.41, 5.74) is 0. The second kappa shape index (κ2) is 6.75. The molecule has 0 saturated heterocycles. The van der Waals surface area contributed by atoms with Gasteiger partial charge in [-0.3, -0.25) is 0 Å². The van der Waals surface area contributed by atoms with Crippen LogP contribution in [0.25, 0.3) is 0 Å². The average Bonchev–Trinajstić information content (AvgIpc) is 2.85. The minimum Gasteiger partial charge on any atom is -0.314 e. The maximum Gasteiger partial charge on any atom is 0.0110 e. The second-order valence-electron chi connectivity index (χ2n) is 6.08. The van der Waals surface area contributed by atoms with Gasteiger partial charge in [0.05, 0.1) is 0 Å². The minimum atomic E-state index is 0.797. The third kappa shape index (κ3) is 3.69. The molecule has 17 heavy (non-hydrogen) atoms. The summed E-state index contributed by atoms with van der Waals surface area (Å²) in [7, 11) is 2.38. The van der Waals surface area contributed by atoms with E-state index in [-0.39, 0.29) is 0 Å². The highest BCUT2D eigenvalue weighted by Crippen LogP contribution is 2.29. The predicted molar refractivity (Wildman–Crippen MR) is 74.4 cm³/mol. The molecule has 0 aromatic carbocycles. The van der Waals surface area contributed by atoms with Crippen LogP contribution in [0.3, 0.4) is 0 Å². The van der Waals surface area contributed by atoms with E-state index in [1.165, 1.54) is 64.3 Å². The van der Waals surface area contributed by atoms with Crippen molar-refractivity contribution in [1.29, 1.82) is 0 Å². The number of nitrogens with zero attached hydrogens (tertiary/aromatic N) is 1. The lowest BCUT2D eigenvalue weighted by Crippen LogP contribution is -2.41. The maximum absolute atomic E-state index is 3.69. The lowest BCUT2D eigenvalue weighted by atomic mass is 9.93. The van der Waals surface area contributed by atoms with Gasteiger partial charge in [-0.2, -0.15) is 0 Å². The Morgan fingerprint density at radius 3 is 2.47 bits per heavy atom. The molecule has 0 aromatic rings. The van der Waals surface area contributed by atoms with E-state index in [9.17, 15) is 0 Å².